The van der Waals surface area contributed by atoms with Crippen molar-refractivity contribution in [3.8, 4) is 11.3 Å². The van der Waals surface area contributed by atoms with Crippen LogP contribution in [0.4, 0.5) is 0 Å². The molecule has 220 valence electrons. The summed E-state index contributed by atoms with van der Waals surface area (Å²) in [6.07, 6.45) is 15.0. The molecule has 0 atom stereocenters. The number of carbonyl (C=O) groups is 1. The lowest BCUT2D eigenvalue weighted by Gasteiger charge is -2.32. The van der Waals surface area contributed by atoms with Crippen LogP contribution in [0.5, 0.6) is 0 Å². The van der Waals surface area contributed by atoms with Crippen LogP contribution < -0.4 is 5.43 Å². The van der Waals surface area contributed by atoms with E-state index in [9.17, 15) is 9.59 Å². The number of fused-ring (bicyclic) bond motifs is 3. The third-order valence-electron chi connectivity index (χ3n) is 7.80. The van der Waals surface area contributed by atoms with Gasteiger partial charge in [0.05, 0.1) is 5.39 Å². The molecule has 0 bridgehead atoms. The van der Waals surface area contributed by atoms with Gasteiger partial charge in [0.15, 0.2) is 5.43 Å². The molecular weight excluding hydrogens is 532 g/mol. The molecule has 1 aliphatic carbocycles. The van der Waals surface area contributed by atoms with Crippen molar-refractivity contribution >= 4 is 27.7 Å². The quantitative estimate of drug-likeness (QED) is 0.142. The van der Waals surface area contributed by atoms with Gasteiger partial charge in [0.2, 0.25) is 0 Å². The lowest BCUT2D eigenvalue weighted by atomic mass is 9.72. The molecule has 0 spiro atoms. The third kappa shape index (κ3) is 8.20. The highest BCUT2D eigenvalue weighted by Crippen LogP contribution is 2.40. The third-order valence-corrected chi connectivity index (χ3v) is 7.80. The molecule has 1 aromatic heterocycles. The Hall–Kier alpha value is -4.70. The first kappa shape index (κ1) is 31.2. The van der Waals surface area contributed by atoms with Gasteiger partial charge in [0, 0.05) is 17.7 Å². The second kappa shape index (κ2) is 14.0. The fraction of sp³-hybridized carbons (Fsp3) is 0.231. The Morgan fingerprint density at radius 1 is 0.930 bits per heavy atom. The number of hydrogen-bond acceptors (Lipinski definition) is 3. The summed E-state index contributed by atoms with van der Waals surface area (Å²) in [6, 6.07) is 23.0. The van der Waals surface area contributed by atoms with E-state index in [1.54, 1.807) is 19.1 Å². The number of allylic oxidation sites excluding steroid dienone is 9. The second-order valence-corrected chi connectivity index (χ2v) is 11.8. The maximum atomic E-state index is 12.5. The van der Waals surface area contributed by atoms with E-state index in [0.717, 1.165) is 27.5 Å². The Morgan fingerprint density at radius 3 is 2.37 bits per heavy atom. The van der Waals surface area contributed by atoms with Crippen LogP contribution >= 0.6 is 0 Å². The summed E-state index contributed by atoms with van der Waals surface area (Å²) in [4.78, 5) is 23.1. The lowest BCUT2D eigenvalue weighted by Crippen LogP contribution is -2.19. The zero-order valence-corrected chi connectivity index (χ0v) is 25.7. The van der Waals surface area contributed by atoms with Crippen LogP contribution in [0, 0.1) is 5.41 Å². The van der Waals surface area contributed by atoms with Gasteiger partial charge in [-0.05, 0) is 73.4 Å². The Balaban J connectivity index is 0.000000197. The summed E-state index contributed by atoms with van der Waals surface area (Å²) in [5.41, 5.74) is 6.62. The molecular formula is C39H40O4. The molecule has 43 heavy (non-hydrogen) atoms. The Labute approximate surface area is 254 Å². The van der Waals surface area contributed by atoms with Crippen molar-refractivity contribution < 1.29 is 14.3 Å². The van der Waals surface area contributed by atoms with E-state index >= 15 is 0 Å². The molecule has 0 saturated heterocycles. The molecule has 0 aliphatic heterocycles. The van der Waals surface area contributed by atoms with Gasteiger partial charge in [-0.25, -0.2) is 4.79 Å². The second-order valence-electron chi connectivity index (χ2n) is 11.8. The van der Waals surface area contributed by atoms with Crippen LogP contribution in [0.25, 0.3) is 33.1 Å². The van der Waals surface area contributed by atoms with Crippen molar-refractivity contribution in [3.05, 3.63) is 142 Å². The van der Waals surface area contributed by atoms with E-state index < -0.39 is 5.97 Å². The number of hydrogen-bond donors (Lipinski definition) is 1. The van der Waals surface area contributed by atoms with E-state index in [-0.39, 0.29) is 10.8 Å². The van der Waals surface area contributed by atoms with Crippen molar-refractivity contribution in [1.82, 2.24) is 0 Å². The van der Waals surface area contributed by atoms with Gasteiger partial charge in [-0.15, -0.1) is 0 Å². The first-order valence-electron chi connectivity index (χ1n) is 14.7. The molecule has 4 heteroatoms. The maximum absolute atomic E-state index is 12.5. The summed E-state index contributed by atoms with van der Waals surface area (Å²) >= 11 is 0. The van der Waals surface area contributed by atoms with Crippen LogP contribution in [-0.4, -0.2) is 11.1 Å². The fourth-order valence-corrected chi connectivity index (χ4v) is 5.55. The molecule has 0 amide bonds. The Morgan fingerprint density at radius 2 is 1.65 bits per heavy atom. The minimum absolute atomic E-state index is 0.00750. The van der Waals surface area contributed by atoms with E-state index in [1.807, 2.05) is 78.9 Å². The highest BCUT2D eigenvalue weighted by molar-refractivity contribution is 6.05. The van der Waals surface area contributed by atoms with Crippen molar-refractivity contribution in [2.24, 2.45) is 5.41 Å². The highest BCUT2D eigenvalue weighted by Gasteiger charge is 2.26. The van der Waals surface area contributed by atoms with Crippen LogP contribution in [0.1, 0.15) is 53.9 Å². The maximum Gasteiger partial charge on any atom is 0.328 e. The normalized spacial score (nSPS) is 15.7. The van der Waals surface area contributed by atoms with Gasteiger partial charge >= 0.3 is 5.97 Å². The predicted molar refractivity (Wildman–Crippen MR) is 179 cm³/mol. The van der Waals surface area contributed by atoms with Crippen molar-refractivity contribution in [1.29, 1.82) is 0 Å². The van der Waals surface area contributed by atoms with Gasteiger partial charge in [0.1, 0.15) is 11.3 Å². The largest absolute Gasteiger partial charge is 0.478 e. The molecule has 0 fully saturated rings. The van der Waals surface area contributed by atoms with Crippen molar-refractivity contribution in [2.45, 2.75) is 53.9 Å². The molecule has 0 unspecified atom stereocenters. The minimum Gasteiger partial charge on any atom is -0.478 e. The molecule has 1 aliphatic rings. The average molecular weight is 573 g/mol. The van der Waals surface area contributed by atoms with Gasteiger partial charge in [-0.2, -0.15) is 0 Å². The van der Waals surface area contributed by atoms with Crippen LogP contribution in [0.3, 0.4) is 0 Å². The molecule has 1 heterocycles. The fourth-order valence-electron chi connectivity index (χ4n) is 5.55. The topological polar surface area (TPSA) is 67.5 Å². The summed E-state index contributed by atoms with van der Waals surface area (Å²) in [5, 5.41) is 11.3. The van der Waals surface area contributed by atoms with Crippen LogP contribution in [-0.2, 0) is 4.79 Å². The van der Waals surface area contributed by atoms with Gasteiger partial charge in [-0.3, -0.25) is 4.79 Å². The summed E-state index contributed by atoms with van der Waals surface area (Å²) in [7, 11) is 0. The van der Waals surface area contributed by atoms with E-state index in [4.69, 9.17) is 9.52 Å². The first-order chi connectivity index (χ1) is 20.5. The lowest BCUT2D eigenvalue weighted by molar-refractivity contribution is -0.131. The monoisotopic (exact) mass is 572 g/mol. The predicted octanol–water partition coefficient (Wildman–Crippen LogP) is 10.2. The summed E-state index contributed by atoms with van der Waals surface area (Å²) in [6.45, 7) is 10.7. The van der Waals surface area contributed by atoms with Gasteiger partial charge in [0.25, 0.3) is 0 Å². The van der Waals surface area contributed by atoms with E-state index in [0.29, 0.717) is 16.7 Å². The van der Waals surface area contributed by atoms with Crippen LogP contribution in [0.2, 0.25) is 0 Å². The average Bonchev–Trinajstić information content (AvgIpc) is 2.96. The Bertz CT molecular complexity index is 1830. The standard InChI is InChI=1S/C20H28O2.C19H12O2/c1-15(8-6-9-16(2)14-19(21)22)11-12-18-17(3)10-7-13-20(18,4)5;20-16-12-18(14-7-2-1-3-8-14)21-17-11-10-13-6-4-5-9-15(13)19(16)17/h6,8-9,11-12,14H,7,10,13H2,1-5H3,(H,21,22);1-12H/b9-6+,12-11+,15-8+,16-14+;. The first-order valence-corrected chi connectivity index (χ1v) is 14.7. The highest BCUT2D eigenvalue weighted by atomic mass is 16.4. The molecule has 0 radical (unpaired) electrons. The summed E-state index contributed by atoms with van der Waals surface area (Å²) in [5.74, 6) is -0.312. The number of carboxylic acid groups (broad SMARTS) is 1. The zero-order chi connectivity index (χ0) is 31.0. The van der Waals surface area contributed by atoms with E-state index in [2.05, 4.69) is 39.8 Å². The number of rotatable bonds is 6. The molecule has 5 rings (SSSR count). The smallest absolute Gasteiger partial charge is 0.328 e. The molecule has 1 N–H and O–H groups in total. The minimum atomic E-state index is -0.912. The number of benzene rings is 3. The Kier molecular flexibility index (Phi) is 10.2. The van der Waals surface area contributed by atoms with Gasteiger partial charge < -0.3 is 9.52 Å². The molecule has 3 aromatic carbocycles. The molecule has 0 saturated carbocycles. The summed E-state index contributed by atoms with van der Waals surface area (Å²) < 4.78 is 5.94. The number of carboxylic acids is 1. The zero-order valence-electron chi connectivity index (χ0n) is 25.7. The molecule has 4 aromatic rings. The SMILES string of the molecule is CC1=C(/C=C/C(C)=C/C=C/C(C)=C/C(=O)O)C(C)(C)CCC1.O=c1cc(-c2ccccc2)oc2ccc3ccccc3c12. The van der Waals surface area contributed by atoms with Crippen LogP contribution in [0.15, 0.2) is 141 Å². The van der Waals surface area contributed by atoms with Crippen molar-refractivity contribution in [3.63, 3.8) is 0 Å². The van der Waals surface area contributed by atoms with E-state index in [1.165, 1.54) is 36.5 Å². The van der Waals surface area contributed by atoms with Crippen molar-refractivity contribution in [2.75, 3.05) is 0 Å². The molecule has 4 nitrogen and oxygen atoms in total. The van der Waals surface area contributed by atoms with Gasteiger partial charge in [-0.1, -0.05) is 116 Å². The number of aliphatic carboxylic acids is 1.